The highest BCUT2D eigenvalue weighted by Gasteiger charge is 2.36. The number of benzene rings is 1. The summed E-state index contributed by atoms with van der Waals surface area (Å²) in [7, 11) is 0. The zero-order valence-electron chi connectivity index (χ0n) is 12.4. The Morgan fingerprint density at radius 3 is 2.57 bits per heavy atom. The summed E-state index contributed by atoms with van der Waals surface area (Å²) >= 11 is 2.19. The zero-order chi connectivity index (χ0) is 14.7. The molecule has 0 atom stereocenters. The van der Waals surface area contributed by atoms with Gasteiger partial charge in [-0.2, -0.15) is 11.8 Å². The Balaban J connectivity index is 1.62. The van der Waals surface area contributed by atoms with Crippen molar-refractivity contribution in [3.63, 3.8) is 0 Å². The number of aromatic carboxylic acids is 1. The van der Waals surface area contributed by atoms with Crippen molar-refractivity contribution in [2.45, 2.75) is 43.4 Å². The van der Waals surface area contributed by atoms with E-state index in [-0.39, 0.29) is 0 Å². The van der Waals surface area contributed by atoms with E-state index in [0.29, 0.717) is 10.3 Å². The first-order valence-corrected chi connectivity index (χ1v) is 8.84. The summed E-state index contributed by atoms with van der Waals surface area (Å²) in [6.07, 6.45) is 6.90. The molecule has 1 N–H and O–H groups in total. The fourth-order valence-corrected chi connectivity index (χ4v) is 5.20. The zero-order valence-corrected chi connectivity index (χ0v) is 13.2. The van der Waals surface area contributed by atoms with Gasteiger partial charge < -0.3 is 5.11 Å². The molecule has 1 aliphatic carbocycles. The maximum absolute atomic E-state index is 10.9. The third-order valence-electron chi connectivity index (χ3n) is 4.70. The van der Waals surface area contributed by atoms with E-state index >= 15 is 0 Å². The number of nitrogens with zero attached hydrogens (tertiary/aromatic N) is 1. The minimum Gasteiger partial charge on any atom is -0.478 e. The van der Waals surface area contributed by atoms with Gasteiger partial charge in [-0.15, -0.1) is 0 Å². The molecule has 2 fully saturated rings. The van der Waals surface area contributed by atoms with Crippen molar-refractivity contribution in [2.24, 2.45) is 0 Å². The van der Waals surface area contributed by atoms with E-state index < -0.39 is 5.97 Å². The first-order valence-electron chi connectivity index (χ1n) is 7.85. The molecule has 3 nitrogen and oxygen atoms in total. The molecular weight excluding hydrogens is 282 g/mol. The molecule has 0 amide bonds. The Morgan fingerprint density at radius 1 is 1.19 bits per heavy atom. The van der Waals surface area contributed by atoms with Crippen LogP contribution in [0.2, 0.25) is 0 Å². The molecule has 0 aromatic heterocycles. The lowest BCUT2D eigenvalue weighted by molar-refractivity contribution is 0.0697. The van der Waals surface area contributed by atoms with Crippen LogP contribution in [0.5, 0.6) is 0 Å². The summed E-state index contributed by atoms with van der Waals surface area (Å²) in [5.41, 5.74) is 1.59. The molecule has 1 heterocycles. The molecule has 1 aromatic carbocycles. The normalized spacial score (nSPS) is 22.3. The van der Waals surface area contributed by atoms with E-state index in [1.165, 1.54) is 50.0 Å². The lowest BCUT2D eigenvalue weighted by Crippen LogP contribution is -2.47. The van der Waals surface area contributed by atoms with Crippen molar-refractivity contribution in [1.82, 2.24) is 4.90 Å². The van der Waals surface area contributed by atoms with Gasteiger partial charge in [0.1, 0.15) is 0 Å². The predicted octanol–water partition coefficient (Wildman–Crippen LogP) is 3.64. The molecule has 1 aromatic rings. The van der Waals surface area contributed by atoms with Crippen molar-refractivity contribution in [1.29, 1.82) is 0 Å². The summed E-state index contributed by atoms with van der Waals surface area (Å²) in [5, 5.41) is 8.95. The number of carboxylic acids is 1. The van der Waals surface area contributed by atoms with E-state index in [4.69, 9.17) is 5.11 Å². The van der Waals surface area contributed by atoms with Crippen LogP contribution < -0.4 is 0 Å². The second-order valence-corrected chi connectivity index (χ2v) is 7.87. The molecule has 0 unspecified atom stereocenters. The van der Waals surface area contributed by atoms with Gasteiger partial charge in [-0.3, -0.25) is 4.90 Å². The largest absolute Gasteiger partial charge is 0.478 e. The second kappa shape index (κ2) is 6.41. The van der Waals surface area contributed by atoms with Crippen LogP contribution in [0, 0.1) is 0 Å². The number of hydrogen-bond donors (Lipinski definition) is 1. The average molecular weight is 305 g/mol. The quantitative estimate of drug-likeness (QED) is 0.925. The Bertz CT molecular complexity index is 489. The lowest BCUT2D eigenvalue weighted by Gasteiger charge is -2.44. The van der Waals surface area contributed by atoms with Crippen molar-refractivity contribution in [3.05, 3.63) is 35.4 Å². The predicted molar refractivity (Wildman–Crippen MR) is 87.0 cm³/mol. The first-order chi connectivity index (χ1) is 10.2. The topological polar surface area (TPSA) is 40.5 Å². The minimum absolute atomic E-state index is 0.372. The number of carbonyl (C=O) groups is 1. The molecule has 0 radical (unpaired) electrons. The highest BCUT2D eigenvalue weighted by molar-refractivity contribution is 8.00. The highest BCUT2D eigenvalue weighted by Crippen LogP contribution is 2.42. The third-order valence-corrected chi connectivity index (χ3v) is 6.24. The molecule has 1 saturated heterocycles. The average Bonchev–Trinajstić information content (AvgIpc) is 2.49. The minimum atomic E-state index is -0.850. The second-order valence-electron chi connectivity index (χ2n) is 6.30. The first kappa shape index (κ1) is 14.9. The fraction of sp³-hybridized carbons (Fsp3) is 0.588. The molecule has 3 rings (SSSR count). The van der Waals surface area contributed by atoms with Gasteiger partial charge in [0.25, 0.3) is 0 Å². The van der Waals surface area contributed by atoms with Gasteiger partial charge in [0.05, 0.1) is 5.56 Å². The molecular formula is C17H23NO2S. The summed E-state index contributed by atoms with van der Waals surface area (Å²) < 4.78 is 0.498. The standard InChI is InChI=1S/C17H23NO2S/c19-16(20)15-6-4-14(5-7-15)12-18-10-11-21-17(13-18)8-2-1-3-9-17/h4-7H,1-3,8-13H2,(H,19,20). The number of rotatable bonds is 3. The van der Waals surface area contributed by atoms with Gasteiger partial charge in [-0.05, 0) is 30.5 Å². The summed E-state index contributed by atoms with van der Waals surface area (Å²) in [6, 6.07) is 7.34. The van der Waals surface area contributed by atoms with Gasteiger partial charge in [0.2, 0.25) is 0 Å². The highest BCUT2D eigenvalue weighted by atomic mass is 32.2. The van der Waals surface area contributed by atoms with Crippen LogP contribution in [0.15, 0.2) is 24.3 Å². The molecule has 1 spiro atoms. The van der Waals surface area contributed by atoms with E-state index in [0.717, 1.165) is 13.1 Å². The fourth-order valence-electron chi connectivity index (χ4n) is 3.57. The molecule has 0 bridgehead atoms. The number of carboxylic acid groups (broad SMARTS) is 1. The molecule has 21 heavy (non-hydrogen) atoms. The van der Waals surface area contributed by atoms with Crippen LogP contribution in [0.1, 0.15) is 48.0 Å². The van der Waals surface area contributed by atoms with E-state index in [9.17, 15) is 4.79 Å². The smallest absolute Gasteiger partial charge is 0.335 e. The molecule has 114 valence electrons. The summed E-state index contributed by atoms with van der Waals surface area (Å²) in [4.78, 5) is 13.4. The van der Waals surface area contributed by atoms with Crippen LogP contribution in [0.3, 0.4) is 0 Å². The molecule has 1 aliphatic heterocycles. The van der Waals surface area contributed by atoms with Crippen molar-refractivity contribution >= 4 is 17.7 Å². The molecule has 2 aliphatic rings. The monoisotopic (exact) mass is 305 g/mol. The summed E-state index contributed by atoms with van der Waals surface area (Å²) in [5.74, 6) is 0.379. The Labute approximate surface area is 130 Å². The Hall–Kier alpha value is -1.00. The van der Waals surface area contributed by atoms with Crippen LogP contribution in [-0.4, -0.2) is 39.6 Å². The maximum atomic E-state index is 10.9. The van der Waals surface area contributed by atoms with E-state index in [1.807, 2.05) is 12.1 Å². The van der Waals surface area contributed by atoms with Crippen LogP contribution >= 0.6 is 11.8 Å². The van der Waals surface area contributed by atoms with Gasteiger partial charge >= 0.3 is 5.97 Å². The lowest BCUT2D eigenvalue weighted by atomic mass is 9.87. The van der Waals surface area contributed by atoms with Crippen molar-refractivity contribution in [3.8, 4) is 0 Å². The molecule has 1 saturated carbocycles. The van der Waals surface area contributed by atoms with Gasteiger partial charge in [0, 0.05) is 30.1 Å². The van der Waals surface area contributed by atoms with Crippen LogP contribution in [-0.2, 0) is 6.54 Å². The maximum Gasteiger partial charge on any atom is 0.335 e. The number of thioether (sulfide) groups is 1. The summed E-state index contributed by atoms with van der Waals surface area (Å²) in [6.45, 7) is 3.29. The van der Waals surface area contributed by atoms with Gasteiger partial charge in [-0.25, -0.2) is 4.79 Å². The van der Waals surface area contributed by atoms with Gasteiger partial charge in [-0.1, -0.05) is 31.4 Å². The number of hydrogen-bond acceptors (Lipinski definition) is 3. The Morgan fingerprint density at radius 2 is 1.90 bits per heavy atom. The third kappa shape index (κ3) is 3.61. The van der Waals surface area contributed by atoms with E-state index in [1.54, 1.807) is 12.1 Å². The van der Waals surface area contributed by atoms with Crippen molar-refractivity contribution < 1.29 is 9.90 Å². The van der Waals surface area contributed by atoms with Gasteiger partial charge in [0.15, 0.2) is 0 Å². The SMILES string of the molecule is O=C(O)c1ccc(CN2CCSC3(CCCCC3)C2)cc1. The Kier molecular flexibility index (Phi) is 4.55. The molecule has 4 heteroatoms. The van der Waals surface area contributed by atoms with E-state index in [2.05, 4.69) is 16.7 Å². The van der Waals surface area contributed by atoms with Crippen molar-refractivity contribution in [2.75, 3.05) is 18.8 Å². The van der Waals surface area contributed by atoms with Crippen LogP contribution in [0.25, 0.3) is 0 Å². The van der Waals surface area contributed by atoms with Crippen LogP contribution in [0.4, 0.5) is 0 Å².